The zero-order chi connectivity index (χ0) is 28.1. The Kier molecular flexibility index (Phi) is 8.72. The Balaban J connectivity index is 1.69. The molecular weight excluding hydrogens is 492 g/mol. The topological polar surface area (TPSA) is 79.3 Å². The van der Waals surface area contributed by atoms with Gasteiger partial charge in [0.1, 0.15) is 23.9 Å². The van der Waals surface area contributed by atoms with Crippen molar-refractivity contribution in [3.63, 3.8) is 0 Å². The van der Waals surface area contributed by atoms with Crippen molar-refractivity contribution in [3.8, 4) is 11.5 Å². The number of hydrogen-bond donors (Lipinski definition) is 1. The van der Waals surface area contributed by atoms with Crippen molar-refractivity contribution in [1.82, 2.24) is 9.80 Å². The number of ketones is 1. The molecule has 1 aliphatic heterocycles. The summed E-state index contributed by atoms with van der Waals surface area (Å²) in [6.45, 7) is 7.11. The fourth-order valence-electron chi connectivity index (χ4n) is 4.59. The lowest BCUT2D eigenvalue weighted by Gasteiger charge is -2.26. The van der Waals surface area contributed by atoms with Crippen molar-refractivity contribution in [2.24, 2.45) is 0 Å². The Hall–Kier alpha value is -4.10. The molecule has 1 unspecified atom stereocenters. The van der Waals surface area contributed by atoms with Crippen LogP contribution in [0.15, 0.2) is 78.4 Å². The Bertz CT molecular complexity index is 1350. The molecular formula is C32H36N2O5. The van der Waals surface area contributed by atoms with Crippen LogP contribution in [0.1, 0.15) is 42.1 Å². The molecule has 0 bridgehead atoms. The van der Waals surface area contributed by atoms with Crippen LogP contribution in [-0.4, -0.2) is 59.9 Å². The van der Waals surface area contributed by atoms with E-state index in [0.29, 0.717) is 36.8 Å². The third-order valence-corrected chi connectivity index (χ3v) is 6.58. The lowest BCUT2D eigenvalue weighted by atomic mass is 9.94. The summed E-state index contributed by atoms with van der Waals surface area (Å²) >= 11 is 0. The summed E-state index contributed by atoms with van der Waals surface area (Å²) in [5, 5.41) is 11.4. The largest absolute Gasteiger partial charge is 0.507 e. The molecule has 7 heteroatoms. The highest BCUT2D eigenvalue weighted by atomic mass is 16.5. The summed E-state index contributed by atoms with van der Waals surface area (Å²) in [5.74, 6) is -0.140. The number of benzene rings is 3. The van der Waals surface area contributed by atoms with Gasteiger partial charge in [0.2, 0.25) is 0 Å². The molecule has 1 aliphatic rings. The van der Waals surface area contributed by atoms with Gasteiger partial charge in [0, 0.05) is 18.7 Å². The number of hydrogen-bond acceptors (Lipinski definition) is 6. The summed E-state index contributed by atoms with van der Waals surface area (Å²) in [4.78, 5) is 30.0. The fraction of sp³-hybridized carbons (Fsp3) is 0.312. The molecule has 1 amide bonds. The van der Waals surface area contributed by atoms with Gasteiger partial charge in [-0.25, -0.2) is 0 Å². The molecule has 4 rings (SSSR count). The number of aryl methyl sites for hydroxylation is 1. The summed E-state index contributed by atoms with van der Waals surface area (Å²) in [6.07, 6.45) is 0.00446. The van der Waals surface area contributed by atoms with Gasteiger partial charge in [0.25, 0.3) is 11.7 Å². The van der Waals surface area contributed by atoms with Crippen LogP contribution < -0.4 is 9.47 Å². The van der Waals surface area contributed by atoms with Crippen LogP contribution in [-0.2, 0) is 16.2 Å². The van der Waals surface area contributed by atoms with E-state index < -0.39 is 17.7 Å². The van der Waals surface area contributed by atoms with Gasteiger partial charge in [-0.3, -0.25) is 9.59 Å². The number of likely N-dealkylation sites (tertiary alicyclic amines) is 1. The third-order valence-electron chi connectivity index (χ3n) is 6.58. The maximum Gasteiger partial charge on any atom is 0.295 e. The monoisotopic (exact) mass is 528 g/mol. The number of rotatable bonds is 10. The van der Waals surface area contributed by atoms with Crippen LogP contribution in [0.25, 0.3) is 5.76 Å². The Morgan fingerprint density at radius 3 is 2.31 bits per heavy atom. The van der Waals surface area contributed by atoms with Gasteiger partial charge >= 0.3 is 0 Å². The molecule has 1 saturated heterocycles. The molecule has 0 aliphatic carbocycles. The predicted molar refractivity (Wildman–Crippen MR) is 152 cm³/mol. The fourth-order valence-corrected chi connectivity index (χ4v) is 4.59. The van der Waals surface area contributed by atoms with Crippen LogP contribution in [0.4, 0.5) is 0 Å². The van der Waals surface area contributed by atoms with Crippen LogP contribution >= 0.6 is 0 Å². The summed E-state index contributed by atoms with van der Waals surface area (Å²) < 4.78 is 11.7. The number of carbonyl (C=O) groups is 2. The first-order chi connectivity index (χ1) is 18.7. The number of nitrogens with zero attached hydrogens (tertiary/aromatic N) is 2. The molecule has 204 valence electrons. The summed E-state index contributed by atoms with van der Waals surface area (Å²) in [7, 11) is 3.82. The molecule has 1 atom stereocenters. The molecule has 0 aromatic heterocycles. The van der Waals surface area contributed by atoms with E-state index in [-0.39, 0.29) is 17.4 Å². The first-order valence-corrected chi connectivity index (χ1v) is 13.1. The van der Waals surface area contributed by atoms with Crippen molar-refractivity contribution in [1.29, 1.82) is 0 Å². The average Bonchev–Trinajstić information content (AvgIpc) is 3.17. The molecule has 0 saturated carbocycles. The highest BCUT2D eigenvalue weighted by Gasteiger charge is 2.45. The van der Waals surface area contributed by atoms with Crippen molar-refractivity contribution >= 4 is 17.4 Å². The van der Waals surface area contributed by atoms with Crippen molar-refractivity contribution in [2.45, 2.75) is 39.5 Å². The van der Waals surface area contributed by atoms with Gasteiger partial charge in [0.05, 0.1) is 17.7 Å². The van der Waals surface area contributed by atoms with E-state index in [1.165, 1.54) is 4.90 Å². The van der Waals surface area contributed by atoms with Crippen LogP contribution in [0.3, 0.4) is 0 Å². The van der Waals surface area contributed by atoms with E-state index in [1.54, 1.807) is 18.2 Å². The zero-order valence-corrected chi connectivity index (χ0v) is 23.2. The summed E-state index contributed by atoms with van der Waals surface area (Å²) in [5.41, 5.74) is 3.14. The molecule has 7 nitrogen and oxygen atoms in total. The van der Waals surface area contributed by atoms with Crippen LogP contribution in [0, 0.1) is 6.92 Å². The highest BCUT2D eigenvalue weighted by molar-refractivity contribution is 6.46. The molecule has 1 fully saturated rings. The molecule has 1 N–H and O–H groups in total. The maximum absolute atomic E-state index is 13.3. The normalized spacial score (nSPS) is 16.8. The van der Waals surface area contributed by atoms with E-state index in [4.69, 9.17) is 9.47 Å². The number of aliphatic hydroxyl groups excluding tert-OH is 1. The molecule has 3 aromatic rings. The number of carbonyl (C=O) groups excluding carboxylic acids is 2. The molecule has 0 spiro atoms. The Labute approximate surface area is 230 Å². The van der Waals surface area contributed by atoms with E-state index in [0.717, 1.165) is 16.7 Å². The standard InChI is InChI=1S/C32H36N2O5/c1-21(2)39-27-16-13-25(19-22(27)3)30(35)28-29(34(18-17-33(4)5)32(37)31(28)36)24-11-14-26(15-12-24)38-20-23-9-7-6-8-10-23/h6-16,19,21,29,35H,17-18,20H2,1-5H3. The second-order valence-electron chi connectivity index (χ2n) is 10.3. The number of aliphatic hydroxyl groups is 1. The number of amides is 1. The lowest BCUT2D eigenvalue weighted by Crippen LogP contribution is -2.35. The Morgan fingerprint density at radius 2 is 1.69 bits per heavy atom. The first-order valence-electron chi connectivity index (χ1n) is 13.1. The minimum Gasteiger partial charge on any atom is -0.507 e. The van der Waals surface area contributed by atoms with Crippen molar-refractivity contribution in [3.05, 3.63) is 101 Å². The first kappa shape index (κ1) is 27.9. The third kappa shape index (κ3) is 6.49. The van der Waals surface area contributed by atoms with Gasteiger partial charge in [-0.2, -0.15) is 0 Å². The lowest BCUT2D eigenvalue weighted by molar-refractivity contribution is -0.140. The van der Waals surface area contributed by atoms with Gasteiger partial charge in [-0.15, -0.1) is 0 Å². The predicted octanol–water partition coefficient (Wildman–Crippen LogP) is 5.34. The smallest absolute Gasteiger partial charge is 0.295 e. The molecule has 3 aromatic carbocycles. The SMILES string of the molecule is Cc1cc(C(O)=C2C(=O)C(=O)N(CCN(C)C)C2c2ccc(OCc3ccccc3)cc2)ccc1OC(C)C. The van der Waals surface area contributed by atoms with E-state index in [2.05, 4.69) is 0 Å². The second kappa shape index (κ2) is 12.2. The van der Waals surface area contributed by atoms with E-state index >= 15 is 0 Å². The van der Waals surface area contributed by atoms with Crippen LogP contribution in [0.5, 0.6) is 11.5 Å². The van der Waals surface area contributed by atoms with Crippen molar-refractivity contribution in [2.75, 3.05) is 27.2 Å². The average molecular weight is 529 g/mol. The molecule has 1 heterocycles. The minimum atomic E-state index is -0.722. The van der Waals surface area contributed by atoms with Crippen LogP contribution in [0.2, 0.25) is 0 Å². The van der Waals surface area contributed by atoms with E-state index in [1.807, 2.05) is 94.4 Å². The molecule has 0 radical (unpaired) electrons. The van der Waals surface area contributed by atoms with E-state index in [9.17, 15) is 14.7 Å². The quantitative estimate of drug-likeness (QED) is 0.217. The van der Waals surface area contributed by atoms with Gasteiger partial charge in [0.15, 0.2) is 0 Å². The Morgan fingerprint density at radius 1 is 1.00 bits per heavy atom. The number of likely N-dealkylation sites (N-methyl/N-ethyl adjacent to an activating group) is 1. The van der Waals surface area contributed by atoms with Gasteiger partial charge < -0.3 is 24.4 Å². The number of Topliss-reactive ketones (excluding diaryl/α,β-unsaturated/α-hetero) is 1. The zero-order valence-electron chi connectivity index (χ0n) is 23.2. The van der Waals surface area contributed by atoms with Gasteiger partial charge in [-0.05, 0) is 81.9 Å². The second-order valence-corrected chi connectivity index (χ2v) is 10.3. The van der Waals surface area contributed by atoms with Gasteiger partial charge in [-0.1, -0.05) is 42.5 Å². The maximum atomic E-state index is 13.3. The number of ether oxygens (including phenoxy) is 2. The summed E-state index contributed by atoms with van der Waals surface area (Å²) in [6, 6.07) is 21.8. The van der Waals surface area contributed by atoms with Crippen molar-refractivity contribution < 1.29 is 24.2 Å². The minimum absolute atomic E-state index is 0.00446. The highest BCUT2D eigenvalue weighted by Crippen LogP contribution is 2.40. The molecule has 39 heavy (non-hydrogen) atoms.